The maximum Gasteiger partial charge on any atom is 0.131 e. The molecule has 0 radical (unpaired) electrons. The summed E-state index contributed by atoms with van der Waals surface area (Å²) in [5.41, 5.74) is 0. The number of carbonyl (C=O) groups excluding carboxylic acids is 1. The molecular formula is C11H21NO. The Morgan fingerprint density at radius 3 is 2.23 bits per heavy atom. The van der Waals surface area contributed by atoms with E-state index in [0.717, 1.165) is 24.9 Å². The number of ketones is 1. The van der Waals surface area contributed by atoms with E-state index >= 15 is 0 Å². The summed E-state index contributed by atoms with van der Waals surface area (Å²) in [7, 11) is 0. The van der Waals surface area contributed by atoms with Gasteiger partial charge in [0, 0.05) is 25.6 Å². The van der Waals surface area contributed by atoms with Crippen LogP contribution in [0.1, 0.15) is 34.1 Å². The van der Waals surface area contributed by atoms with E-state index in [0.29, 0.717) is 18.2 Å². The fraction of sp³-hybridized carbons (Fsp3) is 0.909. The Bertz CT molecular complexity index is 181. The summed E-state index contributed by atoms with van der Waals surface area (Å²) < 4.78 is 0. The van der Waals surface area contributed by atoms with Crippen LogP contribution >= 0.6 is 0 Å². The molecule has 0 aromatic heterocycles. The Balaban J connectivity index is 2.41. The van der Waals surface area contributed by atoms with Gasteiger partial charge in [0.25, 0.3) is 0 Å². The van der Waals surface area contributed by atoms with Crippen LogP contribution in [0.3, 0.4) is 0 Å². The molecule has 1 aliphatic rings. The second-order valence-corrected chi connectivity index (χ2v) is 4.66. The minimum Gasteiger partial charge on any atom is -0.300 e. The zero-order valence-corrected chi connectivity index (χ0v) is 9.21. The van der Waals surface area contributed by atoms with Crippen LogP contribution in [0.15, 0.2) is 0 Å². The average Bonchev–Trinajstić information content (AvgIpc) is 2.31. The molecule has 0 saturated carbocycles. The van der Waals surface area contributed by atoms with E-state index in [1.165, 1.54) is 0 Å². The van der Waals surface area contributed by atoms with Crippen LogP contribution < -0.4 is 0 Å². The highest BCUT2D eigenvalue weighted by molar-refractivity contribution is 5.76. The van der Waals surface area contributed by atoms with E-state index in [2.05, 4.69) is 25.7 Å². The van der Waals surface area contributed by atoms with E-state index in [1.807, 2.05) is 0 Å². The predicted molar refractivity (Wildman–Crippen MR) is 54.7 cm³/mol. The summed E-state index contributed by atoms with van der Waals surface area (Å²) in [4.78, 5) is 13.4. The Hall–Kier alpha value is -0.370. The Morgan fingerprint density at radius 2 is 1.85 bits per heavy atom. The molecule has 0 aromatic rings. The number of hydrogen-bond acceptors (Lipinski definition) is 2. The molecular weight excluding hydrogens is 162 g/mol. The molecule has 2 heteroatoms. The minimum absolute atomic E-state index is 0.305. The van der Waals surface area contributed by atoms with Gasteiger partial charge >= 0.3 is 0 Å². The highest BCUT2D eigenvalue weighted by Crippen LogP contribution is 2.24. The lowest BCUT2D eigenvalue weighted by molar-refractivity contribution is -0.118. The van der Waals surface area contributed by atoms with Crippen molar-refractivity contribution < 1.29 is 4.79 Å². The molecule has 0 aliphatic carbocycles. The molecule has 0 spiro atoms. The molecule has 0 amide bonds. The second-order valence-electron chi connectivity index (χ2n) is 4.66. The first kappa shape index (κ1) is 10.7. The van der Waals surface area contributed by atoms with Gasteiger partial charge in [-0.2, -0.15) is 0 Å². The summed E-state index contributed by atoms with van der Waals surface area (Å²) >= 11 is 0. The van der Waals surface area contributed by atoms with Crippen LogP contribution in [0.4, 0.5) is 0 Å². The summed E-state index contributed by atoms with van der Waals surface area (Å²) in [5.74, 6) is 1.88. The Kier molecular flexibility index (Phi) is 3.48. The smallest absolute Gasteiger partial charge is 0.131 e. The maximum absolute atomic E-state index is 10.9. The molecule has 3 unspecified atom stereocenters. The Morgan fingerprint density at radius 1 is 1.38 bits per heavy atom. The van der Waals surface area contributed by atoms with Crippen molar-refractivity contribution in [2.75, 3.05) is 13.1 Å². The van der Waals surface area contributed by atoms with Gasteiger partial charge in [0.1, 0.15) is 5.78 Å². The highest BCUT2D eigenvalue weighted by Gasteiger charge is 2.29. The molecule has 76 valence electrons. The zero-order valence-electron chi connectivity index (χ0n) is 9.21. The van der Waals surface area contributed by atoms with Gasteiger partial charge in [-0.15, -0.1) is 0 Å². The van der Waals surface area contributed by atoms with E-state index in [4.69, 9.17) is 0 Å². The molecule has 1 rings (SSSR count). The van der Waals surface area contributed by atoms with E-state index in [1.54, 1.807) is 6.92 Å². The zero-order chi connectivity index (χ0) is 10.0. The largest absolute Gasteiger partial charge is 0.300 e. The number of Topliss-reactive ketones (excluding diaryl/α,β-unsaturated/α-hetero) is 1. The lowest BCUT2D eigenvalue weighted by atomic mass is 10.0. The van der Waals surface area contributed by atoms with Gasteiger partial charge in [0.15, 0.2) is 0 Å². The van der Waals surface area contributed by atoms with Crippen molar-refractivity contribution in [3.63, 3.8) is 0 Å². The molecule has 13 heavy (non-hydrogen) atoms. The number of nitrogens with zero attached hydrogens (tertiary/aromatic N) is 1. The van der Waals surface area contributed by atoms with Crippen molar-refractivity contribution in [3.8, 4) is 0 Å². The van der Waals surface area contributed by atoms with Crippen molar-refractivity contribution in [1.29, 1.82) is 0 Å². The van der Waals surface area contributed by atoms with Crippen molar-refractivity contribution >= 4 is 5.78 Å². The monoisotopic (exact) mass is 183 g/mol. The van der Waals surface area contributed by atoms with Gasteiger partial charge in [-0.3, -0.25) is 9.69 Å². The lowest BCUT2D eigenvalue weighted by Crippen LogP contribution is -2.32. The van der Waals surface area contributed by atoms with Gasteiger partial charge in [-0.05, 0) is 25.7 Å². The second kappa shape index (κ2) is 4.23. The number of rotatable bonds is 3. The van der Waals surface area contributed by atoms with Crippen LogP contribution in [-0.4, -0.2) is 29.8 Å². The van der Waals surface area contributed by atoms with Crippen LogP contribution in [0, 0.1) is 11.8 Å². The fourth-order valence-electron chi connectivity index (χ4n) is 2.08. The topological polar surface area (TPSA) is 20.3 Å². The Labute approximate surface area is 81.3 Å². The van der Waals surface area contributed by atoms with Gasteiger partial charge in [0.05, 0.1) is 0 Å². The molecule has 1 fully saturated rings. The number of likely N-dealkylation sites (tertiary alicyclic amines) is 1. The van der Waals surface area contributed by atoms with Gasteiger partial charge < -0.3 is 0 Å². The SMILES string of the molecule is CC(=O)CC(C)N1CC(C)C(C)C1. The van der Waals surface area contributed by atoms with E-state index < -0.39 is 0 Å². The first-order chi connectivity index (χ1) is 6.00. The van der Waals surface area contributed by atoms with Crippen LogP contribution in [0.5, 0.6) is 0 Å². The summed E-state index contributed by atoms with van der Waals surface area (Å²) in [6.45, 7) is 10.8. The molecule has 0 N–H and O–H groups in total. The van der Waals surface area contributed by atoms with Crippen molar-refractivity contribution in [1.82, 2.24) is 4.90 Å². The molecule has 1 saturated heterocycles. The molecule has 1 aliphatic heterocycles. The molecule has 3 atom stereocenters. The molecule has 0 aromatic carbocycles. The van der Waals surface area contributed by atoms with E-state index in [9.17, 15) is 4.79 Å². The molecule has 2 nitrogen and oxygen atoms in total. The van der Waals surface area contributed by atoms with Gasteiger partial charge in [0.2, 0.25) is 0 Å². The van der Waals surface area contributed by atoms with Crippen molar-refractivity contribution in [2.45, 2.75) is 40.2 Å². The van der Waals surface area contributed by atoms with E-state index in [-0.39, 0.29) is 0 Å². The molecule has 1 heterocycles. The first-order valence-corrected chi connectivity index (χ1v) is 5.24. The summed E-state index contributed by atoms with van der Waals surface area (Å²) in [5, 5.41) is 0. The van der Waals surface area contributed by atoms with Gasteiger partial charge in [-0.25, -0.2) is 0 Å². The third-order valence-electron chi connectivity index (χ3n) is 3.22. The third kappa shape index (κ3) is 2.80. The number of hydrogen-bond donors (Lipinski definition) is 0. The average molecular weight is 183 g/mol. The van der Waals surface area contributed by atoms with Crippen LogP contribution in [-0.2, 0) is 4.79 Å². The summed E-state index contributed by atoms with van der Waals surface area (Å²) in [6, 6.07) is 0.435. The highest BCUT2D eigenvalue weighted by atomic mass is 16.1. The maximum atomic E-state index is 10.9. The predicted octanol–water partition coefficient (Wildman–Crippen LogP) is 1.94. The fourth-order valence-corrected chi connectivity index (χ4v) is 2.08. The van der Waals surface area contributed by atoms with Gasteiger partial charge in [-0.1, -0.05) is 13.8 Å². The van der Waals surface area contributed by atoms with Crippen molar-refractivity contribution in [2.24, 2.45) is 11.8 Å². The normalized spacial score (nSPS) is 32.0. The molecule has 0 bridgehead atoms. The van der Waals surface area contributed by atoms with Crippen LogP contribution in [0.2, 0.25) is 0 Å². The standard InChI is InChI=1S/C11H21NO/c1-8-6-12(7-9(8)2)10(3)5-11(4)13/h8-10H,5-7H2,1-4H3. The lowest BCUT2D eigenvalue weighted by Gasteiger charge is -2.23. The first-order valence-electron chi connectivity index (χ1n) is 5.24. The van der Waals surface area contributed by atoms with Crippen molar-refractivity contribution in [3.05, 3.63) is 0 Å². The van der Waals surface area contributed by atoms with Crippen LogP contribution in [0.25, 0.3) is 0 Å². The quantitative estimate of drug-likeness (QED) is 0.666. The minimum atomic E-state index is 0.305. The number of carbonyl (C=O) groups is 1. The summed E-state index contributed by atoms with van der Waals surface area (Å²) in [6.07, 6.45) is 0.708. The third-order valence-corrected chi connectivity index (χ3v) is 3.22.